The second-order valence-corrected chi connectivity index (χ2v) is 3.61. The number of benzene rings is 1. The van der Waals surface area contributed by atoms with Gasteiger partial charge in [0.05, 0.1) is 5.56 Å². The molecule has 0 saturated carbocycles. The molecule has 1 aromatic carbocycles. The van der Waals surface area contributed by atoms with Crippen molar-refractivity contribution < 1.29 is 19.8 Å². The predicted molar refractivity (Wildman–Crippen MR) is 62.0 cm³/mol. The largest absolute Gasteiger partial charge is 0.507 e. The van der Waals surface area contributed by atoms with Gasteiger partial charge in [-0.15, -0.1) is 0 Å². The molecule has 1 rings (SSSR count). The number of ketones is 1. The first kappa shape index (κ1) is 12.8. The van der Waals surface area contributed by atoms with Crippen molar-refractivity contribution in [3.63, 3.8) is 0 Å². The number of carbonyl (C=O) groups excluding carboxylic acids is 1. The van der Waals surface area contributed by atoms with Crippen molar-refractivity contribution in [3.8, 4) is 17.6 Å². The third-order valence-electron chi connectivity index (χ3n) is 2.18. The molecule has 0 radical (unpaired) electrons. The SMILES string of the molecule is CC(=O)c1cc(C)c(C#CCC(=O)O)cc1O. The minimum Gasteiger partial charge on any atom is -0.507 e. The lowest BCUT2D eigenvalue weighted by molar-refractivity contribution is -0.135. The summed E-state index contributed by atoms with van der Waals surface area (Å²) >= 11 is 0. The van der Waals surface area contributed by atoms with E-state index < -0.39 is 5.97 Å². The molecule has 0 unspecified atom stereocenters. The quantitative estimate of drug-likeness (QED) is 0.601. The molecule has 0 heterocycles. The Bertz CT molecular complexity index is 532. The maximum atomic E-state index is 11.2. The Balaban J connectivity index is 3.10. The molecule has 0 aliphatic heterocycles. The van der Waals surface area contributed by atoms with Crippen LogP contribution in [0.4, 0.5) is 0 Å². The van der Waals surface area contributed by atoms with E-state index in [2.05, 4.69) is 11.8 Å². The molecule has 0 aliphatic carbocycles. The number of rotatable bonds is 2. The molecular weight excluding hydrogens is 220 g/mol. The first-order chi connectivity index (χ1) is 7.91. The van der Waals surface area contributed by atoms with Crippen molar-refractivity contribution in [1.29, 1.82) is 0 Å². The second-order valence-electron chi connectivity index (χ2n) is 3.61. The van der Waals surface area contributed by atoms with Crippen molar-refractivity contribution in [1.82, 2.24) is 0 Å². The number of aliphatic carboxylic acids is 1. The normalized spacial score (nSPS) is 9.29. The molecule has 0 bridgehead atoms. The topological polar surface area (TPSA) is 74.6 Å². The zero-order valence-corrected chi connectivity index (χ0v) is 9.57. The maximum Gasteiger partial charge on any atom is 0.315 e. The van der Waals surface area contributed by atoms with Crippen LogP contribution in [0.5, 0.6) is 5.75 Å². The van der Waals surface area contributed by atoms with Gasteiger partial charge in [0.1, 0.15) is 12.2 Å². The van der Waals surface area contributed by atoms with Gasteiger partial charge in [-0.25, -0.2) is 0 Å². The third-order valence-corrected chi connectivity index (χ3v) is 2.18. The molecule has 17 heavy (non-hydrogen) atoms. The van der Waals surface area contributed by atoms with Crippen molar-refractivity contribution in [2.45, 2.75) is 20.3 Å². The fourth-order valence-corrected chi connectivity index (χ4v) is 1.33. The molecule has 0 saturated heterocycles. The van der Waals surface area contributed by atoms with Crippen LogP contribution in [0, 0.1) is 18.8 Å². The van der Waals surface area contributed by atoms with Crippen LogP contribution in [-0.2, 0) is 4.79 Å². The minimum absolute atomic E-state index is 0.136. The van der Waals surface area contributed by atoms with Gasteiger partial charge in [0, 0.05) is 5.56 Å². The molecule has 0 spiro atoms. The van der Waals surface area contributed by atoms with E-state index in [1.54, 1.807) is 13.0 Å². The highest BCUT2D eigenvalue weighted by molar-refractivity contribution is 5.97. The van der Waals surface area contributed by atoms with Gasteiger partial charge in [0.2, 0.25) is 0 Å². The molecular formula is C13H12O4. The van der Waals surface area contributed by atoms with Gasteiger partial charge in [-0.05, 0) is 31.5 Å². The summed E-state index contributed by atoms with van der Waals surface area (Å²) in [5.74, 6) is 3.76. The fourth-order valence-electron chi connectivity index (χ4n) is 1.33. The number of phenols is 1. The summed E-state index contributed by atoms with van der Waals surface area (Å²) < 4.78 is 0. The second kappa shape index (κ2) is 5.17. The summed E-state index contributed by atoms with van der Waals surface area (Å²) in [6.45, 7) is 3.11. The summed E-state index contributed by atoms with van der Waals surface area (Å²) in [5, 5.41) is 18.0. The van der Waals surface area contributed by atoms with Crippen LogP contribution < -0.4 is 0 Å². The van der Waals surface area contributed by atoms with E-state index in [0.717, 1.165) is 5.56 Å². The van der Waals surface area contributed by atoms with E-state index >= 15 is 0 Å². The highest BCUT2D eigenvalue weighted by Crippen LogP contribution is 2.22. The molecule has 0 aliphatic rings. The predicted octanol–water partition coefficient (Wildman–Crippen LogP) is 1.73. The zero-order chi connectivity index (χ0) is 13.0. The molecule has 0 aromatic heterocycles. The lowest BCUT2D eigenvalue weighted by Gasteiger charge is -2.04. The van der Waals surface area contributed by atoms with E-state index in [-0.39, 0.29) is 23.5 Å². The van der Waals surface area contributed by atoms with Gasteiger partial charge >= 0.3 is 5.97 Å². The number of phenolic OH excluding ortho intramolecular Hbond substituents is 1. The average Bonchev–Trinajstić information content (AvgIpc) is 2.21. The molecule has 0 fully saturated rings. The molecule has 0 amide bonds. The molecule has 0 atom stereocenters. The highest BCUT2D eigenvalue weighted by Gasteiger charge is 2.08. The molecule has 2 N–H and O–H groups in total. The Morgan fingerprint density at radius 3 is 2.53 bits per heavy atom. The van der Waals surface area contributed by atoms with Gasteiger partial charge in [-0.2, -0.15) is 0 Å². The van der Waals surface area contributed by atoms with Crippen LogP contribution in [-0.4, -0.2) is 22.0 Å². The van der Waals surface area contributed by atoms with Crippen LogP contribution in [0.15, 0.2) is 12.1 Å². The Hall–Kier alpha value is -2.28. The Kier molecular flexibility index (Phi) is 3.89. The van der Waals surface area contributed by atoms with Gasteiger partial charge in [-0.1, -0.05) is 11.8 Å². The first-order valence-electron chi connectivity index (χ1n) is 4.97. The number of aryl methyl sites for hydroxylation is 1. The number of carboxylic acid groups (broad SMARTS) is 1. The lowest BCUT2D eigenvalue weighted by Crippen LogP contribution is -1.96. The smallest absolute Gasteiger partial charge is 0.315 e. The number of carboxylic acids is 1. The lowest BCUT2D eigenvalue weighted by atomic mass is 10.0. The Morgan fingerprint density at radius 2 is 2.00 bits per heavy atom. The van der Waals surface area contributed by atoms with E-state index in [0.29, 0.717) is 5.56 Å². The van der Waals surface area contributed by atoms with Gasteiger partial charge in [0.15, 0.2) is 5.78 Å². The fraction of sp³-hybridized carbons (Fsp3) is 0.231. The van der Waals surface area contributed by atoms with Crippen LogP contribution in [0.3, 0.4) is 0 Å². The highest BCUT2D eigenvalue weighted by atomic mass is 16.4. The molecule has 88 valence electrons. The molecule has 4 nitrogen and oxygen atoms in total. The average molecular weight is 232 g/mol. The zero-order valence-electron chi connectivity index (χ0n) is 9.57. The minimum atomic E-state index is -1.00. The number of aromatic hydroxyl groups is 1. The number of carbonyl (C=O) groups is 2. The van der Waals surface area contributed by atoms with Crippen molar-refractivity contribution in [2.24, 2.45) is 0 Å². The monoisotopic (exact) mass is 232 g/mol. The van der Waals surface area contributed by atoms with Crippen LogP contribution in [0.1, 0.15) is 34.8 Å². The number of hydrogen-bond donors (Lipinski definition) is 2. The van der Waals surface area contributed by atoms with E-state index in [4.69, 9.17) is 5.11 Å². The van der Waals surface area contributed by atoms with Crippen molar-refractivity contribution >= 4 is 11.8 Å². The first-order valence-corrected chi connectivity index (χ1v) is 4.97. The Labute approximate surface area is 98.9 Å². The summed E-state index contributed by atoms with van der Waals surface area (Å²) in [5.41, 5.74) is 1.49. The van der Waals surface area contributed by atoms with E-state index in [1.165, 1.54) is 13.0 Å². The van der Waals surface area contributed by atoms with E-state index in [1.807, 2.05) is 0 Å². The number of hydrogen-bond acceptors (Lipinski definition) is 3. The maximum absolute atomic E-state index is 11.2. The summed E-state index contributed by atoms with van der Waals surface area (Å²) in [6.07, 6.45) is -0.255. The van der Waals surface area contributed by atoms with Crippen molar-refractivity contribution in [3.05, 3.63) is 28.8 Å². The van der Waals surface area contributed by atoms with E-state index in [9.17, 15) is 14.7 Å². The van der Waals surface area contributed by atoms with Gasteiger partial charge < -0.3 is 10.2 Å². The third kappa shape index (κ3) is 3.35. The molecule has 4 heteroatoms. The standard InChI is InChI=1S/C13H12O4/c1-8-6-11(9(2)14)12(15)7-10(8)4-3-5-13(16)17/h6-7,15H,5H2,1-2H3,(H,16,17). The van der Waals surface area contributed by atoms with Crippen LogP contribution >= 0.6 is 0 Å². The van der Waals surface area contributed by atoms with Gasteiger partial charge in [0.25, 0.3) is 0 Å². The van der Waals surface area contributed by atoms with Crippen LogP contribution in [0.2, 0.25) is 0 Å². The van der Waals surface area contributed by atoms with Crippen molar-refractivity contribution in [2.75, 3.05) is 0 Å². The molecule has 1 aromatic rings. The summed E-state index contributed by atoms with van der Waals surface area (Å²) in [7, 11) is 0. The van der Waals surface area contributed by atoms with Gasteiger partial charge in [-0.3, -0.25) is 9.59 Å². The Morgan fingerprint density at radius 1 is 1.35 bits per heavy atom. The summed E-state index contributed by atoms with van der Waals surface area (Å²) in [4.78, 5) is 21.4. The van der Waals surface area contributed by atoms with Crippen LogP contribution in [0.25, 0.3) is 0 Å². The number of Topliss-reactive ketones (excluding diaryl/α,β-unsaturated/α-hetero) is 1. The summed E-state index contributed by atoms with van der Waals surface area (Å²) in [6, 6.07) is 2.92.